The highest BCUT2D eigenvalue weighted by molar-refractivity contribution is 6.30. The number of rotatable bonds is 4. The van der Waals surface area contributed by atoms with Crippen molar-refractivity contribution in [3.8, 4) is 0 Å². The first kappa shape index (κ1) is 13.1. The quantitative estimate of drug-likeness (QED) is 0.865. The molecular weight excluding hydrogens is 250 g/mol. The molecule has 18 heavy (non-hydrogen) atoms. The number of halogens is 1. The summed E-state index contributed by atoms with van der Waals surface area (Å²) in [6.45, 7) is 8.44. The first-order valence-corrected chi connectivity index (χ1v) is 6.52. The van der Waals surface area contributed by atoms with Crippen LogP contribution in [0.2, 0.25) is 5.15 Å². The van der Waals surface area contributed by atoms with Crippen LogP contribution in [0.4, 0.5) is 5.82 Å². The predicted octanol–water partition coefficient (Wildman–Crippen LogP) is 3.08. The minimum absolute atomic E-state index is 0.00826. The average Bonchev–Trinajstić information content (AvgIpc) is 2.82. The number of nitrogens with one attached hydrogen (secondary N) is 1. The molecule has 2 heterocycles. The molecule has 0 unspecified atom stereocenters. The number of nitrogens with zero attached hydrogens (tertiary/aromatic N) is 4. The lowest BCUT2D eigenvalue weighted by Gasteiger charge is -2.30. The molecule has 0 amide bonds. The van der Waals surface area contributed by atoms with Crippen molar-refractivity contribution >= 4 is 23.2 Å². The molecular formula is C12H18ClN5. The van der Waals surface area contributed by atoms with E-state index in [1.165, 1.54) is 6.33 Å². The van der Waals surface area contributed by atoms with Crippen LogP contribution in [-0.4, -0.2) is 25.1 Å². The average molecular weight is 268 g/mol. The predicted molar refractivity (Wildman–Crippen MR) is 73.1 cm³/mol. The zero-order chi connectivity index (χ0) is 13.3. The molecule has 0 aliphatic rings. The Kier molecular flexibility index (Phi) is 3.43. The number of hydrogen-bond donors (Lipinski definition) is 1. The molecule has 2 aromatic heterocycles. The molecule has 0 fully saturated rings. The normalized spacial score (nSPS) is 12.1. The number of fused-ring (bicyclic) bond motifs is 1. The van der Waals surface area contributed by atoms with E-state index in [-0.39, 0.29) is 5.54 Å². The summed E-state index contributed by atoms with van der Waals surface area (Å²) >= 11 is 6.13. The van der Waals surface area contributed by atoms with Crippen molar-refractivity contribution in [3.05, 3.63) is 17.0 Å². The summed E-state index contributed by atoms with van der Waals surface area (Å²) in [5, 5.41) is 8.19. The van der Waals surface area contributed by atoms with Crippen LogP contribution in [-0.2, 0) is 0 Å². The van der Waals surface area contributed by atoms with Gasteiger partial charge >= 0.3 is 0 Å². The van der Waals surface area contributed by atoms with Gasteiger partial charge in [0.15, 0.2) is 0 Å². The monoisotopic (exact) mass is 267 g/mol. The first-order valence-electron chi connectivity index (χ1n) is 6.14. The van der Waals surface area contributed by atoms with E-state index in [1.54, 1.807) is 4.52 Å². The fourth-order valence-electron chi connectivity index (χ4n) is 1.76. The van der Waals surface area contributed by atoms with Crippen LogP contribution in [0.1, 0.15) is 39.2 Å². The first-order chi connectivity index (χ1) is 8.50. The van der Waals surface area contributed by atoms with Gasteiger partial charge in [0.25, 0.3) is 5.78 Å². The van der Waals surface area contributed by atoms with E-state index >= 15 is 0 Å². The smallest absolute Gasteiger partial charge is 0.255 e. The highest BCUT2D eigenvalue weighted by Gasteiger charge is 2.23. The fraction of sp³-hybridized carbons (Fsp3) is 0.583. The van der Waals surface area contributed by atoms with Crippen molar-refractivity contribution in [2.75, 3.05) is 5.32 Å². The van der Waals surface area contributed by atoms with Gasteiger partial charge in [-0.25, -0.2) is 0 Å². The van der Waals surface area contributed by atoms with E-state index in [2.05, 4.69) is 41.2 Å². The van der Waals surface area contributed by atoms with E-state index in [1.807, 2.05) is 6.92 Å². The Morgan fingerprint density at radius 3 is 2.67 bits per heavy atom. The van der Waals surface area contributed by atoms with Crippen molar-refractivity contribution in [3.63, 3.8) is 0 Å². The van der Waals surface area contributed by atoms with Crippen molar-refractivity contribution in [1.82, 2.24) is 19.6 Å². The van der Waals surface area contributed by atoms with E-state index < -0.39 is 0 Å². The maximum absolute atomic E-state index is 6.13. The number of hydrogen-bond acceptors (Lipinski definition) is 4. The van der Waals surface area contributed by atoms with Crippen molar-refractivity contribution < 1.29 is 0 Å². The summed E-state index contributed by atoms with van der Waals surface area (Å²) < 4.78 is 1.70. The van der Waals surface area contributed by atoms with Crippen LogP contribution < -0.4 is 5.32 Å². The maximum atomic E-state index is 6.13. The molecule has 6 heteroatoms. The van der Waals surface area contributed by atoms with Crippen LogP contribution in [0.5, 0.6) is 0 Å². The summed E-state index contributed by atoms with van der Waals surface area (Å²) in [7, 11) is 0. The van der Waals surface area contributed by atoms with Crippen molar-refractivity contribution in [1.29, 1.82) is 0 Å². The summed E-state index contributed by atoms with van der Waals surface area (Å²) in [6.07, 6.45) is 3.51. The molecule has 0 bridgehead atoms. The van der Waals surface area contributed by atoms with Crippen molar-refractivity contribution in [2.45, 2.75) is 46.1 Å². The third-order valence-corrected chi connectivity index (χ3v) is 3.95. The minimum atomic E-state index is 0.00826. The van der Waals surface area contributed by atoms with Gasteiger partial charge in [-0.2, -0.15) is 19.6 Å². The molecule has 1 N–H and O–H groups in total. The molecule has 0 aliphatic heterocycles. The second-order valence-electron chi connectivity index (χ2n) is 4.74. The van der Waals surface area contributed by atoms with Gasteiger partial charge in [0, 0.05) is 11.1 Å². The van der Waals surface area contributed by atoms with Crippen LogP contribution in [0.15, 0.2) is 6.33 Å². The molecule has 0 radical (unpaired) electrons. The van der Waals surface area contributed by atoms with Gasteiger partial charge in [-0.1, -0.05) is 25.4 Å². The van der Waals surface area contributed by atoms with Gasteiger partial charge < -0.3 is 5.32 Å². The molecule has 0 spiro atoms. The van der Waals surface area contributed by atoms with Crippen LogP contribution in [0.3, 0.4) is 0 Å². The fourth-order valence-corrected chi connectivity index (χ4v) is 1.92. The molecule has 2 rings (SSSR count). The summed E-state index contributed by atoms with van der Waals surface area (Å²) in [5.41, 5.74) is 0.900. The Bertz CT molecular complexity index is 559. The Hall–Kier alpha value is -1.36. The molecule has 0 saturated carbocycles. The van der Waals surface area contributed by atoms with Crippen LogP contribution in [0, 0.1) is 6.92 Å². The summed E-state index contributed by atoms with van der Waals surface area (Å²) in [5.74, 6) is 1.39. The van der Waals surface area contributed by atoms with Crippen LogP contribution in [0.25, 0.3) is 5.78 Å². The Labute approximate surface area is 112 Å². The lowest BCUT2D eigenvalue weighted by atomic mass is 9.95. The third kappa shape index (κ3) is 2.14. The minimum Gasteiger partial charge on any atom is -0.364 e. The van der Waals surface area contributed by atoms with E-state index in [0.717, 1.165) is 24.2 Å². The van der Waals surface area contributed by atoms with Gasteiger partial charge in [-0.05, 0) is 26.7 Å². The molecule has 0 atom stereocenters. The topological polar surface area (TPSA) is 55.1 Å². The largest absolute Gasteiger partial charge is 0.364 e. The molecule has 0 aromatic carbocycles. The van der Waals surface area contributed by atoms with Gasteiger partial charge in [0.05, 0.1) is 0 Å². The van der Waals surface area contributed by atoms with Gasteiger partial charge in [0.1, 0.15) is 17.3 Å². The molecule has 98 valence electrons. The van der Waals surface area contributed by atoms with E-state index in [9.17, 15) is 0 Å². The Morgan fingerprint density at radius 1 is 1.39 bits per heavy atom. The molecule has 5 nitrogen and oxygen atoms in total. The van der Waals surface area contributed by atoms with Crippen LogP contribution >= 0.6 is 11.6 Å². The second kappa shape index (κ2) is 4.72. The maximum Gasteiger partial charge on any atom is 0.255 e. The molecule has 2 aromatic rings. The van der Waals surface area contributed by atoms with Crippen molar-refractivity contribution in [2.24, 2.45) is 0 Å². The highest BCUT2D eigenvalue weighted by atomic mass is 35.5. The standard InChI is InChI=1S/C12H18ClN5/c1-5-12(4,6-2)17-10-8(3)9(13)16-11-14-7-15-18(10)11/h7,17H,5-6H2,1-4H3. The van der Waals surface area contributed by atoms with Gasteiger partial charge in [-0.15, -0.1) is 0 Å². The zero-order valence-corrected chi connectivity index (χ0v) is 11.9. The van der Waals surface area contributed by atoms with E-state index in [0.29, 0.717) is 10.9 Å². The highest BCUT2D eigenvalue weighted by Crippen LogP contribution is 2.27. The summed E-state index contributed by atoms with van der Waals surface area (Å²) in [4.78, 5) is 8.27. The third-order valence-electron chi connectivity index (χ3n) is 3.59. The molecule has 0 saturated heterocycles. The number of anilines is 1. The lowest BCUT2D eigenvalue weighted by molar-refractivity contribution is 0.474. The Morgan fingerprint density at radius 2 is 2.06 bits per heavy atom. The van der Waals surface area contributed by atoms with Gasteiger partial charge in [0.2, 0.25) is 0 Å². The summed E-state index contributed by atoms with van der Waals surface area (Å²) in [6, 6.07) is 0. The second-order valence-corrected chi connectivity index (χ2v) is 5.10. The Balaban J connectivity index is 2.55. The zero-order valence-electron chi connectivity index (χ0n) is 11.2. The van der Waals surface area contributed by atoms with E-state index in [4.69, 9.17) is 11.6 Å². The lowest BCUT2D eigenvalue weighted by Crippen LogP contribution is -2.34. The molecule has 0 aliphatic carbocycles. The number of aromatic nitrogens is 4. The SMILES string of the molecule is CCC(C)(CC)Nc1c(C)c(Cl)nc2ncnn12. The van der Waals surface area contributed by atoms with Gasteiger partial charge in [-0.3, -0.25) is 0 Å².